The molecule has 0 aromatic carbocycles. The molecule has 0 unspecified atom stereocenters. The molecule has 0 atom stereocenters. The Morgan fingerprint density at radius 2 is 2.05 bits per heavy atom. The van der Waals surface area contributed by atoms with Crippen LogP contribution in [0.4, 0.5) is 0 Å². The van der Waals surface area contributed by atoms with E-state index in [2.05, 4.69) is 31.4 Å². The number of nitrogens with one attached hydrogen (secondary N) is 1. The number of aryl methyl sites for hydroxylation is 3. The van der Waals surface area contributed by atoms with Crippen LogP contribution in [0.2, 0.25) is 5.02 Å². The van der Waals surface area contributed by atoms with Gasteiger partial charge >= 0.3 is 0 Å². The van der Waals surface area contributed by atoms with Crippen LogP contribution in [0.15, 0.2) is 10.7 Å². The first-order valence-corrected chi connectivity index (χ1v) is 8.21. The van der Waals surface area contributed by atoms with Gasteiger partial charge < -0.3 is 5.32 Å². The Balaban J connectivity index is 1.74. The third-order valence-corrected chi connectivity index (χ3v) is 4.87. The van der Waals surface area contributed by atoms with Gasteiger partial charge in [-0.1, -0.05) is 11.6 Å². The zero-order chi connectivity index (χ0) is 16.3. The topological polar surface area (TPSA) is 64.7 Å². The molecule has 0 saturated carbocycles. The third kappa shape index (κ3) is 4.10. The summed E-state index contributed by atoms with van der Waals surface area (Å²) in [5, 5.41) is 12.0. The molecular weight excluding hydrogens is 370 g/mol. The molecule has 0 fully saturated rings. The molecule has 0 aliphatic heterocycles. The minimum Gasteiger partial charge on any atom is -0.354 e. The lowest BCUT2D eigenvalue weighted by atomic mass is 10.4. The Morgan fingerprint density at radius 1 is 1.32 bits per heavy atom. The maximum absolute atomic E-state index is 11.8. The number of amides is 1. The van der Waals surface area contributed by atoms with Crippen molar-refractivity contribution in [3.63, 3.8) is 0 Å². The molecule has 6 nitrogen and oxygen atoms in total. The van der Waals surface area contributed by atoms with Gasteiger partial charge in [0.05, 0.1) is 20.9 Å². The number of aromatic nitrogens is 4. The van der Waals surface area contributed by atoms with Gasteiger partial charge in [-0.25, -0.2) is 0 Å². The second-order valence-electron chi connectivity index (χ2n) is 5.17. The summed E-state index contributed by atoms with van der Waals surface area (Å²) in [6.07, 6.45) is 2.48. The van der Waals surface area contributed by atoms with Crippen LogP contribution in [-0.2, 0) is 17.9 Å². The van der Waals surface area contributed by atoms with Gasteiger partial charge in [0.25, 0.3) is 0 Å². The summed E-state index contributed by atoms with van der Waals surface area (Å²) >= 11 is 9.41. The van der Waals surface area contributed by atoms with Crippen LogP contribution in [0.3, 0.4) is 0 Å². The van der Waals surface area contributed by atoms with E-state index in [0.717, 1.165) is 34.5 Å². The molecule has 22 heavy (non-hydrogen) atoms. The molecule has 2 aromatic rings. The Bertz CT molecular complexity index is 660. The fourth-order valence-electron chi connectivity index (χ4n) is 2.13. The summed E-state index contributed by atoms with van der Waals surface area (Å²) < 4.78 is 4.54. The zero-order valence-corrected chi connectivity index (χ0v) is 15.2. The summed E-state index contributed by atoms with van der Waals surface area (Å²) in [5.41, 5.74) is 2.81. The van der Waals surface area contributed by atoms with Crippen molar-refractivity contribution in [2.45, 2.75) is 40.3 Å². The average molecular weight is 389 g/mol. The van der Waals surface area contributed by atoms with Gasteiger partial charge in [-0.05, 0) is 43.1 Å². The SMILES string of the molecule is Cc1nn(CC(=O)NCCCn2nc(C)c(Br)c2C)cc1Cl. The molecule has 2 rings (SSSR count). The van der Waals surface area contributed by atoms with E-state index in [9.17, 15) is 4.79 Å². The molecule has 0 aliphatic rings. The fraction of sp³-hybridized carbons (Fsp3) is 0.500. The van der Waals surface area contributed by atoms with E-state index >= 15 is 0 Å². The third-order valence-electron chi connectivity index (χ3n) is 3.35. The minimum absolute atomic E-state index is 0.0753. The van der Waals surface area contributed by atoms with Crippen LogP contribution in [0, 0.1) is 20.8 Å². The predicted octanol–water partition coefficient (Wildman–Crippen LogP) is 2.63. The fourth-order valence-corrected chi connectivity index (χ4v) is 2.56. The summed E-state index contributed by atoms with van der Waals surface area (Å²) in [4.78, 5) is 11.8. The van der Waals surface area contributed by atoms with Crippen molar-refractivity contribution < 1.29 is 4.79 Å². The molecule has 0 saturated heterocycles. The van der Waals surface area contributed by atoms with Crippen molar-refractivity contribution in [1.29, 1.82) is 0 Å². The van der Waals surface area contributed by atoms with Crippen molar-refractivity contribution >= 4 is 33.4 Å². The molecule has 1 amide bonds. The lowest BCUT2D eigenvalue weighted by Gasteiger charge is -2.07. The van der Waals surface area contributed by atoms with Gasteiger partial charge in [-0.3, -0.25) is 14.2 Å². The van der Waals surface area contributed by atoms with E-state index < -0.39 is 0 Å². The number of nitrogens with zero attached hydrogens (tertiary/aromatic N) is 4. The van der Waals surface area contributed by atoms with Crippen LogP contribution >= 0.6 is 27.5 Å². The number of carbonyl (C=O) groups is 1. The smallest absolute Gasteiger partial charge is 0.241 e. The van der Waals surface area contributed by atoms with E-state index in [1.807, 2.05) is 25.5 Å². The second kappa shape index (κ2) is 7.28. The number of hydrogen-bond acceptors (Lipinski definition) is 3. The van der Waals surface area contributed by atoms with Crippen LogP contribution < -0.4 is 5.32 Å². The maximum atomic E-state index is 11.8. The highest BCUT2D eigenvalue weighted by molar-refractivity contribution is 9.10. The Hall–Kier alpha value is -1.34. The molecule has 2 heterocycles. The lowest BCUT2D eigenvalue weighted by Crippen LogP contribution is -2.29. The molecule has 1 N–H and O–H groups in total. The average Bonchev–Trinajstić information content (AvgIpc) is 2.89. The maximum Gasteiger partial charge on any atom is 0.241 e. The largest absolute Gasteiger partial charge is 0.354 e. The van der Waals surface area contributed by atoms with Crippen molar-refractivity contribution in [2.75, 3.05) is 6.54 Å². The summed E-state index contributed by atoms with van der Waals surface area (Å²) in [7, 11) is 0. The Kier molecular flexibility index (Phi) is 5.63. The zero-order valence-electron chi connectivity index (χ0n) is 12.9. The number of carbonyl (C=O) groups excluding carboxylic acids is 1. The number of hydrogen-bond donors (Lipinski definition) is 1. The molecule has 120 valence electrons. The molecule has 0 spiro atoms. The van der Waals surface area contributed by atoms with Gasteiger partial charge in [0.1, 0.15) is 6.54 Å². The standard InChI is InChI=1S/C14H19BrClN5O/c1-9-12(16)7-20(18-9)8-13(22)17-5-4-6-21-11(3)14(15)10(2)19-21/h7H,4-6,8H2,1-3H3,(H,17,22). The normalized spacial score (nSPS) is 11.0. The van der Waals surface area contributed by atoms with Crippen molar-refractivity contribution in [1.82, 2.24) is 24.9 Å². The van der Waals surface area contributed by atoms with Crippen molar-refractivity contribution in [3.8, 4) is 0 Å². The molecule has 0 bridgehead atoms. The van der Waals surface area contributed by atoms with E-state index in [4.69, 9.17) is 11.6 Å². The van der Waals surface area contributed by atoms with E-state index in [0.29, 0.717) is 11.6 Å². The predicted molar refractivity (Wildman–Crippen MR) is 89.0 cm³/mol. The summed E-state index contributed by atoms with van der Waals surface area (Å²) in [6.45, 7) is 7.34. The lowest BCUT2D eigenvalue weighted by molar-refractivity contribution is -0.121. The van der Waals surface area contributed by atoms with E-state index in [1.165, 1.54) is 0 Å². The van der Waals surface area contributed by atoms with Gasteiger partial charge in [-0.2, -0.15) is 10.2 Å². The molecule has 2 aromatic heterocycles. The van der Waals surface area contributed by atoms with Crippen molar-refractivity contribution in [2.24, 2.45) is 0 Å². The number of rotatable bonds is 6. The monoisotopic (exact) mass is 387 g/mol. The molecule has 0 aliphatic carbocycles. The first kappa shape index (κ1) is 17.0. The van der Waals surface area contributed by atoms with Crippen LogP contribution in [0.25, 0.3) is 0 Å². The van der Waals surface area contributed by atoms with E-state index in [1.54, 1.807) is 10.9 Å². The minimum atomic E-state index is -0.0753. The Morgan fingerprint density at radius 3 is 2.59 bits per heavy atom. The first-order chi connectivity index (χ1) is 10.4. The van der Waals surface area contributed by atoms with E-state index in [-0.39, 0.29) is 12.5 Å². The van der Waals surface area contributed by atoms with Crippen LogP contribution in [-0.4, -0.2) is 32.0 Å². The highest BCUT2D eigenvalue weighted by atomic mass is 79.9. The highest BCUT2D eigenvalue weighted by Gasteiger charge is 2.09. The Labute approximate surface area is 143 Å². The highest BCUT2D eigenvalue weighted by Crippen LogP contribution is 2.19. The molecule has 0 radical (unpaired) electrons. The molecular formula is C14H19BrClN5O. The van der Waals surface area contributed by atoms with Gasteiger partial charge in [0.15, 0.2) is 0 Å². The summed E-state index contributed by atoms with van der Waals surface area (Å²) in [5.74, 6) is -0.0753. The van der Waals surface area contributed by atoms with Gasteiger partial charge in [0, 0.05) is 25.0 Å². The number of halogens is 2. The van der Waals surface area contributed by atoms with Gasteiger partial charge in [0.2, 0.25) is 5.91 Å². The van der Waals surface area contributed by atoms with Crippen molar-refractivity contribution in [3.05, 3.63) is 32.8 Å². The van der Waals surface area contributed by atoms with Gasteiger partial charge in [-0.15, -0.1) is 0 Å². The summed E-state index contributed by atoms with van der Waals surface area (Å²) in [6, 6.07) is 0. The second-order valence-corrected chi connectivity index (χ2v) is 6.37. The van der Waals surface area contributed by atoms with Crippen LogP contribution in [0.1, 0.15) is 23.5 Å². The quantitative estimate of drug-likeness (QED) is 0.774. The molecule has 8 heteroatoms. The van der Waals surface area contributed by atoms with Crippen LogP contribution in [0.5, 0.6) is 0 Å². The first-order valence-electron chi connectivity index (χ1n) is 7.04.